The van der Waals surface area contributed by atoms with E-state index < -0.39 is 0 Å². The van der Waals surface area contributed by atoms with Crippen LogP contribution >= 0.6 is 0 Å². The van der Waals surface area contributed by atoms with E-state index in [0.717, 1.165) is 13.1 Å². The third-order valence-electron chi connectivity index (χ3n) is 3.59. The second-order valence-electron chi connectivity index (χ2n) is 6.45. The minimum Gasteiger partial charge on any atom is -0.380 e. The predicted molar refractivity (Wildman–Crippen MR) is 73.4 cm³/mol. The summed E-state index contributed by atoms with van der Waals surface area (Å²) < 4.78 is 5.58. The zero-order valence-corrected chi connectivity index (χ0v) is 12.3. The van der Waals surface area contributed by atoms with Crippen molar-refractivity contribution in [2.75, 3.05) is 34.3 Å². The number of methoxy groups -OCH3 is 1. The van der Waals surface area contributed by atoms with Gasteiger partial charge in [-0.1, -0.05) is 26.7 Å². The normalized spacial score (nSPS) is 26.5. The van der Waals surface area contributed by atoms with Crippen LogP contribution in [-0.2, 0) is 4.74 Å². The minimum absolute atomic E-state index is 0.319. The Hall–Kier alpha value is -0.120. The van der Waals surface area contributed by atoms with Gasteiger partial charge in [0, 0.05) is 26.2 Å². The van der Waals surface area contributed by atoms with Crippen LogP contribution in [0.25, 0.3) is 0 Å². The molecule has 2 atom stereocenters. The Kier molecular flexibility index (Phi) is 5.90. The summed E-state index contributed by atoms with van der Waals surface area (Å²) in [5.74, 6) is 0. The third kappa shape index (κ3) is 5.36. The van der Waals surface area contributed by atoms with Gasteiger partial charge in [0.25, 0.3) is 0 Å². The van der Waals surface area contributed by atoms with Crippen LogP contribution < -0.4 is 5.32 Å². The van der Waals surface area contributed by atoms with E-state index in [0.29, 0.717) is 17.6 Å². The molecule has 0 bridgehead atoms. The first-order valence-corrected chi connectivity index (χ1v) is 6.85. The van der Waals surface area contributed by atoms with Crippen LogP contribution in [-0.4, -0.2) is 51.3 Å². The van der Waals surface area contributed by atoms with Gasteiger partial charge in [-0.2, -0.15) is 0 Å². The number of nitrogens with one attached hydrogen (secondary N) is 1. The van der Waals surface area contributed by atoms with E-state index in [1.54, 1.807) is 0 Å². The lowest BCUT2D eigenvalue weighted by atomic mass is 9.89. The van der Waals surface area contributed by atoms with Crippen LogP contribution in [0.2, 0.25) is 0 Å². The summed E-state index contributed by atoms with van der Waals surface area (Å²) in [5, 5.41) is 3.72. The summed E-state index contributed by atoms with van der Waals surface area (Å²) in [7, 11) is 6.12. The summed E-state index contributed by atoms with van der Waals surface area (Å²) in [4.78, 5) is 2.26. The Balaban J connectivity index is 2.37. The lowest BCUT2D eigenvalue weighted by Crippen LogP contribution is -2.48. The van der Waals surface area contributed by atoms with Crippen LogP contribution in [0.15, 0.2) is 0 Å². The summed E-state index contributed by atoms with van der Waals surface area (Å²) in [5.41, 5.74) is 0.319. The van der Waals surface area contributed by atoms with E-state index in [4.69, 9.17) is 4.74 Å². The molecule has 2 unspecified atom stereocenters. The largest absolute Gasteiger partial charge is 0.380 e. The van der Waals surface area contributed by atoms with Crippen LogP contribution in [0.3, 0.4) is 0 Å². The molecule has 1 aliphatic carbocycles. The number of hydrogen-bond donors (Lipinski definition) is 1. The molecular weight excluding hydrogens is 212 g/mol. The van der Waals surface area contributed by atoms with Crippen LogP contribution in [0, 0.1) is 5.41 Å². The third-order valence-corrected chi connectivity index (χ3v) is 3.59. The average molecular weight is 242 g/mol. The van der Waals surface area contributed by atoms with Crippen molar-refractivity contribution in [1.29, 1.82) is 0 Å². The van der Waals surface area contributed by atoms with E-state index in [1.807, 2.05) is 7.11 Å². The van der Waals surface area contributed by atoms with Crippen molar-refractivity contribution in [2.45, 2.75) is 51.7 Å². The minimum atomic E-state index is 0.319. The highest BCUT2D eigenvalue weighted by molar-refractivity contribution is 4.84. The summed E-state index contributed by atoms with van der Waals surface area (Å²) in [6.45, 7) is 6.83. The first kappa shape index (κ1) is 14.9. The van der Waals surface area contributed by atoms with Crippen molar-refractivity contribution < 1.29 is 4.74 Å². The Bertz CT molecular complexity index is 216. The smallest absolute Gasteiger partial charge is 0.0724 e. The highest BCUT2D eigenvalue weighted by atomic mass is 16.5. The fourth-order valence-corrected chi connectivity index (χ4v) is 2.93. The van der Waals surface area contributed by atoms with Gasteiger partial charge in [-0.25, -0.2) is 0 Å². The quantitative estimate of drug-likeness (QED) is 0.772. The highest BCUT2D eigenvalue weighted by Gasteiger charge is 2.27. The van der Waals surface area contributed by atoms with Crippen molar-refractivity contribution >= 4 is 0 Å². The zero-order valence-electron chi connectivity index (χ0n) is 12.3. The van der Waals surface area contributed by atoms with Gasteiger partial charge in [-0.05, 0) is 32.4 Å². The molecule has 0 amide bonds. The molecule has 0 aromatic heterocycles. The number of nitrogens with zero attached hydrogens (tertiary/aromatic N) is 1. The Morgan fingerprint density at radius 2 is 1.88 bits per heavy atom. The molecule has 0 spiro atoms. The van der Waals surface area contributed by atoms with Crippen LogP contribution in [0.1, 0.15) is 39.5 Å². The van der Waals surface area contributed by atoms with Gasteiger partial charge in [-0.15, -0.1) is 0 Å². The molecule has 1 saturated carbocycles. The van der Waals surface area contributed by atoms with Crippen molar-refractivity contribution in [2.24, 2.45) is 5.41 Å². The fraction of sp³-hybridized carbons (Fsp3) is 1.00. The maximum atomic E-state index is 5.58. The monoisotopic (exact) mass is 242 g/mol. The molecule has 3 heteroatoms. The van der Waals surface area contributed by atoms with Gasteiger partial charge in [0.2, 0.25) is 0 Å². The second-order valence-corrected chi connectivity index (χ2v) is 6.45. The van der Waals surface area contributed by atoms with Crippen molar-refractivity contribution in [3.05, 3.63) is 0 Å². The Labute approximate surface area is 107 Å². The van der Waals surface area contributed by atoms with E-state index in [2.05, 4.69) is 38.2 Å². The number of hydrogen-bond acceptors (Lipinski definition) is 3. The second kappa shape index (κ2) is 6.72. The molecule has 0 aromatic rings. The average Bonchev–Trinajstić information content (AvgIpc) is 2.25. The summed E-state index contributed by atoms with van der Waals surface area (Å²) in [6, 6.07) is 0.551. The maximum absolute atomic E-state index is 5.58. The maximum Gasteiger partial charge on any atom is 0.0724 e. The zero-order chi connectivity index (χ0) is 12.9. The molecule has 1 rings (SSSR count). The van der Waals surface area contributed by atoms with Crippen molar-refractivity contribution in [3.8, 4) is 0 Å². The van der Waals surface area contributed by atoms with E-state index in [1.165, 1.54) is 25.7 Å². The van der Waals surface area contributed by atoms with E-state index in [9.17, 15) is 0 Å². The van der Waals surface area contributed by atoms with Gasteiger partial charge in [0.15, 0.2) is 0 Å². The predicted octanol–water partition coefficient (Wildman–Crippen LogP) is 2.12. The molecule has 0 radical (unpaired) electrons. The molecule has 102 valence electrons. The first-order chi connectivity index (χ1) is 7.94. The standard InChI is InChI=1S/C14H30N2O/c1-14(2,11-16(3)4)10-15-12-8-6-7-9-13(12)17-5/h12-13,15H,6-11H2,1-5H3. The van der Waals surface area contributed by atoms with Crippen molar-refractivity contribution in [1.82, 2.24) is 10.2 Å². The van der Waals surface area contributed by atoms with Gasteiger partial charge in [-0.3, -0.25) is 0 Å². The number of ether oxygens (including phenoxy) is 1. The SMILES string of the molecule is COC1CCCCC1NCC(C)(C)CN(C)C. The molecule has 1 fully saturated rings. The summed E-state index contributed by atoms with van der Waals surface area (Å²) in [6.07, 6.45) is 5.54. The first-order valence-electron chi connectivity index (χ1n) is 6.85. The fourth-order valence-electron chi connectivity index (χ4n) is 2.93. The van der Waals surface area contributed by atoms with Gasteiger partial charge < -0.3 is 15.0 Å². The Morgan fingerprint density at radius 1 is 1.24 bits per heavy atom. The molecule has 0 aliphatic heterocycles. The molecule has 0 aromatic carbocycles. The molecule has 0 saturated heterocycles. The molecule has 17 heavy (non-hydrogen) atoms. The number of rotatable bonds is 6. The lowest BCUT2D eigenvalue weighted by molar-refractivity contribution is 0.0375. The topological polar surface area (TPSA) is 24.5 Å². The van der Waals surface area contributed by atoms with E-state index >= 15 is 0 Å². The van der Waals surface area contributed by atoms with Crippen LogP contribution in [0.5, 0.6) is 0 Å². The Morgan fingerprint density at radius 3 is 2.47 bits per heavy atom. The van der Waals surface area contributed by atoms with Crippen LogP contribution in [0.4, 0.5) is 0 Å². The van der Waals surface area contributed by atoms with Gasteiger partial charge >= 0.3 is 0 Å². The van der Waals surface area contributed by atoms with Gasteiger partial charge in [0.05, 0.1) is 6.10 Å². The van der Waals surface area contributed by atoms with Crippen molar-refractivity contribution in [3.63, 3.8) is 0 Å². The molecule has 0 heterocycles. The molecule has 1 N–H and O–H groups in total. The summed E-state index contributed by atoms with van der Waals surface area (Å²) >= 11 is 0. The molecular formula is C14H30N2O. The molecule has 1 aliphatic rings. The lowest BCUT2D eigenvalue weighted by Gasteiger charge is -2.35. The molecule has 3 nitrogen and oxygen atoms in total. The van der Waals surface area contributed by atoms with Gasteiger partial charge in [0.1, 0.15) is 0 Å². The van der Waals surface area contributed by atoms with E-state index in [-0.39, 0.29) is 0 Å². The highest BCUT2D eigenvalue weighted by Crippen LogP contribution is 2.22.